The number of halogens is 2. The van der Waals surface area contributed by atoms with Gasteiger partial charge in [-0.05, 0) is 24.0 Å². The molecule has 2 rings (SSSR count). The fraction of sp³-hybridized carbons (Fsp3) is 0.625. The van der Waals surface area contributed by atoms with E-state index in [0.717, 1.165) is 19.5 Å². The number of nitrogens with zero attached hydrogens (tertiary/aromatic N) is 1. The summed E-state index contributed by atoms with van der Waals surface area (Å²) in [7, 11) is 0. The van der Waals surface area contributed by atoms with Crippen molar-refractivity contribution in [3.63, 3.8) is 0 Å². The van der Waals surface area contributed by atoms with Crippen LogP contribution >= 0.6 is 11.6 Å². The zero-order chi connectivity index (χ0) is 14.9. The lowest BCUT2D eigenvalue weighted by atomic mass is 9.84. The van der Waals surface area contributed by atoms with Gasteiger partial charge in [-0.1, -0.05) is 45.4 Å². The van der Waals surface area contributed by atoms with Gasteiger partial charge in [-0.25, -0.2) is 4.39 Å². The molecule has 0 radical (unpaired) electrons. The van der Waals surface area contributed by atoms with E-state index in [9.17, 15) is 4.39 Å². The molecule has 1 aliphatic heterocycles. The molecule has 0 amide bonds. The van der Waals surface area contributed by atoms with E-state index in [1.54, 1.807) is 6.07 Å². The number of anilines is 1. The molecule has 0 spiro atoms. The Morgan fingerprint density at radius 1 is 1.40 bits per heavy atom. The van der Waals surface area contributed by atoms with Gasteiger partial charge in [-0.15, -0.1) is 0 Å². The summed E-state index contributed by atoms with van der Waals surface area (Å²) < 4.78 is 14.3. The first-order chi connectivity index (χ1) is 9.34. The van der Waals surface area contributed by atoms with Crippen molar-refractivity contribution in [1.29, 1.82) is 0 Å². The van der Waals surface area contributed by atoms with E-state index < -0.39 is 0 Å². The van der Waals surface area contributed by atoms with Crippen molar-refractivity contribution < 1.29 is 4.39 Å². The van der Waals surface area contributed by atoms with Crippen molar-refractivity contribution in [2.45, 2.75) is 46.2 Å². The van der Waals surface area contributed by atoms with Crippen LogP contribution in [0.3, 0.4) is 0 Å². The number of piperazine rings is 1. The van der Waals surface area contributed by atoms with Gasteiger partial charge in [0.1, 0.15) is 0 Å². The molecule has 20 heavy (non-hydrogen) atoms. The summed E-state index contributed by atoms with van der Waals surface area (Å²) >= 11 is 5.93. The van der Waals surface area contributed by atoms with Crippen LogP contribution in [0.2, 0.25) is 5.02 Å². The third-order valence-corrected chi connectivity index (χ3v) is 4.47. The van der Waals surface area contributed by atoms with E-state index in [1.807, 2.05) is 12.1 Å². The first kappa shape index (κ1) is 15.6. The third kappa shape index (κ3) is 3.09. The van der Waals surface area contributed by atoms with Gasteiger partial charge in [0.05, 0.1) is 10.7 Å². The topological polar surface area (TPSA) is 15.3 Å². The number of nitrogens with one attached hydrogen (secondary N) is 1. The van der Waals surface area contributed by atoms with Crippen LogP contribution in [0.1, 0.15) is 34.1 Å². The first-order valence-corrected chi connectivity index (χ1v) is 7.66. The second-order valence-corrected chi connectivity index (χ2v) is 7.02. The molecular weight excluding hydrogens is 275 g/mol. The molecule has 112 valence electrons. The Kier molecular flexibility index (Phi) is 4.60. The maximum atomic E-state index is 14.3. The first-order valence-electron chi connectivity index (χ1n) is 7.28. The molecule has 1 heterocycles. The lowest BCUT2D eigenvalue weighted by molar-refractivity contribution is 0.233. The van der Waals surface area contributed by atoms with Gasteiger partial charge in [0.15, 0.2) is 5.82 Å². The minimum Gasteiger partial charge on any atom is -0.363 e. The van der Waals surface area contributed by atoms with E-state index in [4.69, 9.17) is 11.6 Å². The van der Waals surface area contributed by atoms with E-state index in [0.29, 0.717) is 17.8 Å². The standard InChI is InChI=1S/C16H24ClFN2/c1-5-11-9-19-14(16(2,3)4)10-20(11)13-8-6-7-12(17)15(13)18/h6-8,11,14,19H,5,9-10H2,1-4H3. The average molecular weight is 299 g/mol. The summed E-state index contributed by atoms with van der Waals surface area (Å²) in [5.74, 6) is -0.304. The summed E-state index contributed by atoms with van der Waals surface area (Å²) in [6.07, 6.45) is 0.982. The van der Waals surface area contributed by atoms with Gasteiger partial charge in [-0.2, -0.15) is 0 Å². The van der Waals surface area contributed by atoms with E-state index in [1.165, 1.54) is 0 Å². The van der Waals surface area contributed by atoms with Crippen molar-refractivity contribution in [3.8, 4) is 0 Å². The predicted octanol–water partition coefficient (Wildman–Crippen LogP) is 4.08. The van der Waals surface area contributed by atoms with Gasteiger partial charge in [0, 0.05) is 25.2 Å². The van der Waals surface area contributed by atoms with Crippen molar-refractivity contribution in [2.24, 2.45) is 5.41 Å². The zero-order valence-electron chi connectivity index (χ0n) is 12.7. The summed E-state index contributed by atoms with van der Waals surface area (Å²) in [6, 6.07) is 5.90. The summed E-state index contributed by atoms with van der Waals surface area (Å²) in [4.78, 5) is 2.17. The van der Waals surface area contributed by atoms with Crippen molar-refractivity contribution in [2.75, 3.05) is 18.0 Å². The minimum atomic E-state index is -0.304. The predicted molar refractivity (Wildman–Crippen MR) is 84.1 cm³/mol. The second kappa shape index (κ2) is 5.90. The van der Waals surface area contributed by atoms with Crippen molar-refractivity contribution in [3.05, 3.63) is 29.0 Å². The van der Waals surface area contributed by atoms with Crippen LogP contribution in [0, 0.1) is 11.2 Å². The molecule has 2 unspecified atom stereocenters. The number of benzene rings is 1. The quantitative estimate of drug-likeness (QED) is 0.885. The summed E-state index contributed by atoms with van der Waals surface area (Å²) in [5, 5.41) is 3.79. The molecule has 2 nitrogen and oxygen atoms in total. The molecule has 1 saturated heterocycles. The highest BCUT2D eigenvalue weighted by Crippen LogP contribution is 2.31. The van der Waals surface area contributed by atoms with Crippen LogP contribution in [0.15, 0.2) is 18.2 Å². The highest BCUT2D eigenvalue weighted by atomic mass is 35.5. The fourth-order valence-electron chi connectivity index (χ4n) is 2.75. The Bertz CT molecular complexity index is 470. The highest BCUT2D eigenvalue weighted by molar-refractivity contribution is 6.31. The smallest absolute Gasteiger partial charge is 0.165 e. The van der Waals surface area contributed by atoms with Gasteiger partial charge in [0.2, 0.25) is 0 Å². The lowest BCUT2D eigenvalue weighted by Gasteiger charge is -2.46. The molecule has 0 aromatic heterocycles. The van der Waals surface area contributed by atoms with Crippen molar-refractivity contribution >= 4 is 17.3 Å². The minimum absolute atomic E-state index is 0.145. The Morgan fingerprint density at radius 2 is 2.10 bits per heavy atom. The molecule has 0 bridgehead atoms. The zero-order valence-corrected chi connectivity index (χ0v) is 13.5. The maximum Gasteiger partial charge on any atom is 0.165 e. The van der Waals surface area contributed by atoms with Gasteiger partial charge >= 0.3 is 0 Å². The summed E-state index contributed by atoms with van der Waals surface area (Å²) in [6.45, 7) is 10.5. The van der Waals surface area contributed by atoms with Crippen LogP contribution in [-0.4, -0.2) is 25.2 Å². The normalized spacial score (nSPS) is 24.0. The fourth-order valence-corrected chi connectivity index (χ4v) is 2.92. The molecule has 1 aromatic rings. The van der Waals surface area contributed by atoms with E-state index in [-0.39, 0.29) is 16.3 Å². The Morgan fingerprint density at radius 3 is 2.70 bits per heavy atom. The third-order valence-electron chi connectivity index (χ3n) is 4.18. The molecule has 0 saturated carbocycles. The maximum absolute atomic E-state index is 14.3. The van der Waals surface area contributed by atoms with E-state index in [2.05, 4.69) is 37.9 Å². The number of hydrogen-bond acceptors (Lipinski definition) is 2. The van der Waals surface area contributed by atoms with Crippen LogP contribution < -0.4 is 10.2 Å². The Balaban J connectivity index is 2.32. The van der Waals surface area contributed by atoms with Crippen LogP contribution in [0.5, 0.6) is 0 Å². The largest absolute Gasteiger partial charge is 0.363 e. The molecule has 1 aliphatic rings. The van der Waals surface area contributed by atoms with Crippen LogP contribution in [0.4, 0.5) is 10.1 Å². The molecule has 1 aromatic carbocycles. The SMILES string of the molecule is CCC1CNC(C(C)(C)C)CN1c1cccc(Cl)c1F. The Labute approximate surface area is 126 Å². The molecule has 0 aliphatic carbocycles. The molecule has 1 fully saturated rings. The molecular formula is C16H24ClFN2. The molecule has 4 heteroatoms. The van der Waals surface area contributed by atoms with E-state index >= 15 is 0 Å². The number of rotatable bonds is 2. The summed E-state index contributed by atoms with van der Waals surface area (Å²) in [5.41, 5.74) is 0.770. The van der Waals surface area contributed by atoms with Gasteiger partial charge in [0.25, 0.3) is 0 Å². The van der Waals surface area contributed by atoms with Crippen LogP contribution in [0.25, 0.3) is 0 Å². The second-order valence-electron chi connectivity index (χ2n) is 6.61. The number of hydrogen-bond donors (Lipinski definition) is 1. The molecule has 1 N–H and O–H groups in total. The van der Waals surface area contributed by atoms with Gasteiger partial charge in [-0.3, -0.25) is 0 Å². The monoisotopic (exact) mass is 298 g/mol. The average Bonchev–Trinajstić information content (AvgIpc) is 2.40. The van der Waals surface area contributed by atoms with Crippen LogP contribution in [-0.2, 0) is 0 Å². The molecule has 2 atom stereocenters. The van der Waals surface area contributed by atoms with Crippen molar-refractivity contribution in [1.82, 2.24) is 5.32 Å². The van der Waals surface area contributed by atoms with Gasteiger partial charge < -0.3 is 10.2 Å². The highest BCUT2D eigenvalue weighted by Gasteiger charge is 2.34. The Hall–Kier alpha value is -0.800. The lowest BCUT2D eigenvalue weighted by Crippen LogP contribution is -2.60.